The number of hydrogen-bond donors (Lipinski definition) is 1. The average Bonchev–Trinajstić information content (AvgIpc) is 2.37. The predicted octanol–water partition coefficient (Wildman–Crippen LogP) is 1.68. The molecule has 0 fully saturated rings. The minimum Gasteiger partial charge on any atom is -0.345 e. The Labute approximate surface area is 108 Å². The largest absolute Gasteiger partial charge is 0.345 e. The average molecular weight is 252 g/mol. The summed E-state index contributed by atoms with van der Waals surface area (Å²) in [4.78, 5) is 13.7. The topological polar surface area (TPSA) is 32.3 Å². The molecule has 0 bridgehead atoms. The van der Waals surface area contributed by atoms with Gasteiger partial charge in [-0.05, 0) is 31.2 Å². The number of benzene rings is 1. The molecule has 0 aromatic heterocycles. The lowest BCUT2D eigenvalue weighted by atomic mass is 10.1. The monoisotopic (exact) mass is 252 g/mol. The van der Waals surface area contributed by atoms with Gasteiger partial charge in [-0.25, -0.2) is 4.39 Å². The van der Waals surface area contributed by atoms with Gasteiger partial charge in [-0.2, -0.15) is 0 Å². The van der Waals surface area contributed by atoms with E-state index in [4.69, 9.17) is 0 Å². The van der Waals surface area contributed by atoms with Crippen LogP contribution in [-0.2, 0) is 11.2 Å². The van der Waals surface area contributed by atoms with Crippen LogP contribution in [0.15, 0.2) is 24.3 Å². The lowest BCUT2D eigenvalue weighted by Crippen LogP contribution is -2.37. The van der Waals surface area contributed by atoms with Gasteiger partial charge in [0.25, 0.3) is 0 Å². The van der Waals surface area contributed by atoms with Crippen LogP contribution >= 0.6 is 0 Å². The van der Waals surface area contributed by atoms with Crippen molar-refractivity contribution in [1.29, 1.82) is 0 Å². The molecule has 100 valence electrons. The molecule has 0 spiro atoms. The maximum absolute atomic E-state index is 12.7. The van der Waals surface area contributed by atoms with Gasteiger partial charge in [-0.1, -0.05) is 19.1 Å². The second-order valence-electron chi connectivity index (χ2n) is 4.59. The van der Waals surface area contributed by atoms with Crippen LogP contribution in [0.5, 0.6) is 0 Å². The molecule has 0 heterocycles. The van der Waals surface area contributed by atoms with Gasteiger partial charge in [0.2, 0.25) is 5.91 Å². The number of nitrogens with one attached hydrogen (secondary N) is 1. The van der Waals surface area contributed by atoms with Crippen LogP contribution < -0.4 is 5.32 Å². The minimum atomic E-state index is -0.231. The summed E-state index contributed by atoms with van der Waals surface area (Å²) in [7, 11) is 3.64. The van der Waals surface area contributed by atoms with Gasteiger partial charge in [0, 0.05) is 26.1 Å². The first-order valence-corrected chi connectivity index (χ1v) is 6.18. The minimum absolute atomic E-state index is 0.0202. The van der Waals surface area contributed by atoms with Gasteiger partial charge in [0.1, 0.15) is 5.82 Å². The summed E-state index contributed by atoms with van der Waals surface area (Å²) in [6, 6.07) is 6.40. The van der Waals surface area contributed by atoms with Crippen molar-refractivity contribution in [1.82, 2.24) is 10.2 Å². The van der Waals surface area contributed by atoms with Crippen molar-refractivity contribution in [3.63, 3.8) is 0 Å². The van der Waals surface area contributed by atoms with Gasteiger partial charge in [0.05, 0.1) is 0 Å². The van der Waals surface area contributed by atoms with Crippen molar-refractivity contribution in [3.05, 3.63) is 35.6 Å². The molecule has 0 aliphatic rings. The molecule has 0 saturated carbocycles. The fourth-order valence-electron chi connectivity index (χ4n) is 1.83. The molecule has 1 aromatic carbocycles. The number of rotatable bonds is 6. The number of halogens is 1. The van der Waals surface area contributed by atoms with Crippen molar-refractivity contribution >= 4 is 5.91 Å². The molecule has 1 unspecified atom stereocenters. The number of carbonyl (C=O) groups excluding carboxylic acids is 1. The third-order valence-corrected chi connectivity index (χ3v) is 2.96. The number of hydrogen-bond acceptors (Lipinski definition) is 2. The summed E-state index contributed by atoms with van der Waals surface area (Å²) in [5.41, 5.74) is 1.04. The SMILES string of the molecule is CNCC(C)C(=O)N(C)CCc1ccc(F)cc1. The highest BCUT2D eigenvalue weighted by atomic mass is 19.1. The Hall–Kier alpha value is -1.42. The Balaban J connectivity index is 2.43. The summed E-state index contributed by atoms with van der Waals surface area (Å²) in [5.74, 6) is -0.120. The van der Waals surface area contributed by atoms with Crippen molar-refractivity contribution in [3.8, 4) is 0 Å². The Morgan fingerprint density at radius 2 is 2.00 bits per heavy atom. The van der Waals surface area contributed by atoms with E-state index in [0.717, 1.165) is 12.0 Å². The van der Waals surface area contributed by atoms with E-state index < -0.39 is 0 Å². The van der Waals surface area contributed by atoms with Crippen LogP contribution in [0.2, 0.25) is 0 Å². The molecule has 0 radical (unpaired) electrons. The normalized spacial score (nSPS) is 12.2. The van der Waals surface area contributed by atoms with E-state index in [1.807, 2.05) is 14.0 Å². The lowest BCUT2D eigenvalue weighted by Gasteiger charge is -2.21. The summed E-state index contributed by atoms with van der Waals surface area (Å²) >= 11 is 0. The maximum atomic E-state index is 12.7. The fourth-order valence-corrected chi connectivity index (χ4v) is 1.83. The molecule has 1 amide bonds. The van der Waals surface area contributed by atoms with Crippen molar-refractivity contribution < 1.29 is 9.18 Å². The molecule has 0 saturated heterocycles. The highest BCUT2D eigenvalue weighted by molar-refractivity contribution is 5.78. The molecule has 1 rings (SSSR count). The first-order chi connectivity index (χ1) is 8.54. The third-order valence-electron chi connectivity index (χ3n) is 2.96. The van der Waals surface area contributed by atoms with Gasteiger partial charge < -0.3 is 10.2 Å². The van der Waals surface area contributed by atoms with E-state index in [0.29, 0.717) is 13.1 Å². The zero-order valence-corrected chi connectivity index (χ0v) is 11.2. The van der Waals surface area contributed by atoms with Gasteiger partial charge in [0.15, 0.2) is 0 Å². The summed E-state index contributed by atoms with van der Waals surface area (Å²) in [5, 5.41) is 2.99. The lowest BCUT2D eigenvalue weighted by molar-refractivity contribution is -0.133. The molecular formula is C14H21FN2O. The van der Waals surface area contributed by atoms with Gasteiger partial charge in [-0.3, -0.25) is 4.79 Å². The van der Waals surface area contributed by atoms with Crippen LogP contribution in [-0.4, -0.2) is 38.0 Å². The van der Waals surface area contributed by atoms with Crippen LogP contribution in [0.3, 0.4) is 0 Å². The molecule has 1 aromatic rings. The van der Waals surface area contributed by atoms with Crippen LogP contribution in [0.4, 0.5) is 4.39 Å². The van der Waals surface area contributed by atoms with Gasteiger partial charge in [-0.15, -0.1) is 0 Å². The van der Waals surface area contributed by atoms with E-state index in [9.17, 15) is 9.18 Å². The summed E-state index contributed by atoms with van der Waals surface area (Å²) in [6.07, 6.45) is 0.745. The molecule has 0 aliphatic heterocycles. The summed E-state index contributed by atoms with van der Waals surface area (Å²) in [6.45, 7) is 3.24. The van der Waals surface area contributed by atoms with Crippen LogP contribution in [0.1, 0.15) is 12.5 Å². The zero-order valence-electron chi connectivity index (χ0n) is 11.2. The molecule has 4 heteroatoms. The predicted molar refractivity (Wildman–Crippen MR) is 70.8 cm³/mol. The highest BCUT2D eigenvalue weighted by Crippen LogP contribution is 2.06. The smallest absolute Gasteiger partial charge is 0.226 e. The second-order valence-corrected chi connectivity index (χ2v) is 4.59. The zero-order chi connectivity index (χ0) is 13.5. The number of nitrogens with zero attached hydrogens (tertiary/aromatic N) is 1. The van der Waals surface area contributed by atoms with Crippen molar-refractivity contribution in [2.24, 2.45) is 5.92 Å². The van der Waals surface area contributed by atoms with E-state index in [2.05, 4.69) is 5.32 Å². The standard InChI is InChI=1S/C14H21FN2O/c1-11(10-16-2)14(18)17(3)9-8-12-4-6-13(15)7-5-12/h4-7,11,16H,8-10H2,1-3H3. The second kappa shape index (κ2) is 7.11. The quantitative estimate of drug-likeness (QED) is 0.835. The number of amides is 1. The van der Waals surface area contributed by atoms with Crippen LogP contribution in [0, 0.1) is 11.7 Å². The van der Waals surface area contributed by atoms with Crippen LogP contribution in [0.25, 0.3) is 0 Å². The molecular weight excluding hydrogens is 231 g/mol. The highest BCUT2D eigenvalue weighted by Gasteiger charge is 2.16. The molecule has 18 heavy (non-hydrogen) atoms. The Bertz CT molecular complexity index is 378. The molecule has 3 nitrogen and oxygen atoms in total. The van der Waals surface area contributed by atoms with Gasteiger partial charge >= 0.3 is 0 Å². The van der Waals surface area contributed by atoms with E-state index >= 15 is 0 Å². The number of carbonyl (C=O) groups is 1. The first kappa shape index (κ1) is 14.6. The molecule has 1 atom stereocenters. The van der Waals surface area contributed by atoms with E-state index in [-0.39, 0.29) is 17.6 Å². The Kier molecular flexibility index (Phi) is 5.78. The first-order valence-electron chi connectivity index (χ1n) is 6.18. The Morgan fingerprint density at radius 3 is 2.56 bits per heavy atom. The molecule has 0 aliphatic carbocycles. The van der Waals surface area contributed by atoms with E-state index in [1.54, 1.807) is 24.1 Å². The number of likely N-dealkylation sites (N-methyl/N-ethyl adjacent to an activating group) is 1. The third kappa shape index (κ3) is 4.45. The Morgan fingerprint density at radius 1 is 1.39 bits per heavy atom. The van der Waals surface area contributed by atoms with Crippen molar-refractivity contribution in [2.45, 2.75) is 13.3 Å². The summed E-state index contributed by atoms with van der Waals surface area (Å²) < 4.78 is 12.7. The van der Waals surface area contributed by atoms with Crippen molar-refractivity contribution in [2.75, 3.05) is 27.2 Å². The fraction of sp³-hybridized carbons (Fsp3) is 0.500. The molecule has 1 N–H and O–H groups in total. The maximum Gasteiger partial charge on any atom is 0.226 e. The van der Waals surface area contributed by atoms with E-state index in [1.165, 1.54) is 12.1 Å².